The van der Waals surface area contributed by atoms with Crippen LogP contribution in [0.25, 0.3) is 0 Å². The van der Waals surface area contributed by atoms with E-state index in [2.05, 4.69) is 97.3 Å². The molecule has 10 aliphatic rings. The van der Waals surface area contributed by atoms with Gasteiger partial charge in [0.25, 0.3) is 0 Å². The number of benzene rings is 5. The first-order valence-corrected chi connectivity index (χ1v) is 53.3. The molecule has 5 aromatic carbocycles. The molecule has 39 heteroatoms. The average Bonchev–Trinajstić information content (AvgIpc) is 1.59. The number of aryl methyl sites for hydroxylation is 3. The van der Waals surface area contributed by atoms with Crippen LogP contribution in [0.4, 0.5) is 13.2 Å². The number of nitrogens with two attached hydrogens (primary N) is 5. The Morgan fingerprint density at radius 3 is 0.937 bits per heavy atom. The van der Waals surface area contributed by atoms with Gasteiger partial charge in [0.05, 0.1) is 5.02 Å². The summed E-state index contributed by atoms with van der Waals surface area (Å²) in [6, 6.07) is 33.6. The fraction of sp³-hybridized carbons (Fsp3) is 0.663. The number of aliphatic carboxylic acids is 5. The SMILES string of the molecule is NC(CCCCB(O)O)(C(=O)O)C1CCC(N2CCc3ccccc3C2)CC1.NC(CCCCB(O)O)(C(=O)O)C1CCN(C2CCCc3cc(F)c(Cl)cc32)CC1.NC(CCCCB(O)O)(C(=O)O)C1CCN(C2CCCc3cc(F)c(F)cc32)CC1.NC(CCCCB(O)O)(C(=O)O)C1CCN(C2CCc3ccccc3C2)CC1.NC(CCCCB(O)O)(C(=O)O)C1CCN(C2Cc3ccccc3C2)CC1. The predicted molar refractivity (Wildman–Crippen MR) is 550 cm³/mol. The van der Waals surface area contributed by atoms with Crippen LogP contribution in [0.2, 0.25) is 36.6 Å². The number of piperidine rings is 4. The Balaban J connectivity index is 0.000000171. The summed E-state index contributed by atoms with van der Waals surface area (Å²) in [5.41, 5.74) is 38.0. The van der Waals surface area contributed by atoms with Gasteiger partial charge in [-0.15, -0.1) is 0 Å². The highest BCUT2D eigenvalue weighted by molar-refractivity contribution is 6.42. The normalized spacial score (nSPS) is 22.7. The van der Waals surface area contributed by atoms with Gasteiger partial charge < -0.3 is 109 Å². The third-order valence-corrected chi connectivity index (χ3v) is 34.1. The smallest absolute Gasteiger partial charge is 0.451 e. The molecule has 4 saturated heterocycles. The lowest BCUT2D eigenvalue weighted by atomic mass is 9.70. The highest BCUT2D eigenvalue weighted by Crippen LogP contribution is 2.46. The van der Waals surface area contributed by atoms with Crippen LogP contribution in [-0.2, 0) is 75.5 Å². The molecule has 0 radical (unpaired) electrons. The number of likely N-dealkylation sites (tertiary alicyclic amines) is 4. The van der Waals surface area contributed by atoms with Crippen LogP contribution in [0.15, 0.2) is 97.1 Å². The zero-order valence-corrected chi connectivity index (χ0v) is 84.2. The maximum atomic E-state index is 13.9. The molecule has 0 aromatic heterocycles. The molecule has 0 amide bonds. The summed E-state index contributed by atoms with van der Waals surface area (Å²) in [7, 11) is -6.75. The lowest BCUT2D eigenvalue weighted by Gasteiger charge is -2.44. The molecule has 5 aromatic rings. The molecule has 30 nitrogen and oxygen atoms in total. The molecular weight excluding hydrogens is 1860 g/mol. The summed E-state index contributed by atoms with van der Waals surface area (Å²) in [5.74, 6) is -7.20. The second-order valence-electron chi connectivity index (χ2n) is 42.8. The Kier molecular flexibility index (Phi) is 44.7. The summed E-state index contributed by atoms with van der Waals surface area (Å²) < 4.78 is 41.3. The van der Waals surface area contributed by atoms with Gasteiger partial charge in [-0.2, -0.15) is 0 Å². The van der Waals surface area contributed by atoms with Crippen LogP contribution in [-0.4, -0.2) is 270 Å². The fourth-order valence-corrected chi connectivity index (χ4v) is 25.2. The average molecular weight is 2020 g/mol. The first kappa shape index (κ1) is 116. The van der Waals surface area contributed by atoms with E-state index < -0.39 is 105 Å². The summed E-state index contributed by atoms with van der Waals surface area (Å²) in [6.45, 7) is 8.46. The van der Waals surface area contributed by atoms with E-state index in [-0.39, 0.29) is 90.5 Å². The monoisotopic (exact) mass is 2020 g/mol. The number of carbonyl (C=O) groups is 5. The van der Waals surface area contributed by atoms with Gasteiger partial charge in [-0.1, -0.05) is 149 Å². The number of carboxylic acid groups (broad SMARTS) is 5. The molecule has 8 atom stereocenters. The van der Waals surface area contributed by atoms with Gasteiger partial charge in [0.15, 0.2) is 11.6 Å². The minimum Gasteiger partial charge on any atom is -0.480 e. The van der Waals surface area contributed by atoms with Crippen molar-refractivity contribution in [1.29, 1.82) is 0 Å². The minimum absolute atomic E-state index is 0.0163. The number of hydrogen-bond acceptors (Lipinski definition) is 25. The van der Waals surface area contributed by atoms with Crippen molar-refractivity contribution < 1.29 is 113 Å². The Bertz CT molecular complexity index is 4610. The van der Waals surface area contributed by atoms with E-state index in [1.807, 2.05) is 0 Å². The van der Waals surface area contributed by atoms with Crippen LogP contribution in [0, 0.1) is 47.0 Å². The van der Waals surface area contributed by atoms with Crippen molar-refractivity contribution in [3.63, 3.8) is 0 Å². The maximum Gasteiger partial charge on any atom is 0.451 e. The molecule has 25 N–H and O–H groups in total. The van der Waals surface area contributed by atoms with E-state index in [1.54, 1.807) is 12.1 Å². The second kappa shape index (κ2) is 55.0. The van der Waals surface area contributed by atoms with Crippen LogP contribution in [0.3, 0.4) is 0 Å². The van der Waals surface area contributed by atoms with E-state index in [0.29, 0.717) is 147 Å². The van der Waals surface area contributed by atoms with Crippen LogP contribution >= 0.6 is 11.6 Å². The molecule has 5 heterocycles. The molecule has 15 rings (SSSR count). The molecule has 5 aliphatic heterocycles. The van der Waals surface area contributed by atoms with E-state index >= 15 is 0 Å². The van der Waals surface area contributed by atoms with Crippen LogP contribution < -0.4 is 28.7 Å². The first-order valence-electron chi connectivity index (χ1n) is 52.9. The number of halogens is 4. The van der Waals surface area contributed by atoms with Crippen LogP contribution in [0.5, 0.6) is 0 Å². The molecule has 5 fully saturated rings. The van der Waals surface area contributed by atoms with Gasteiger partial charge >= 0.3 is 65.4 Å². The number of nitrogens with zero attached hydrogens (tertiary/aromatic N) is 5. The van der Waals surface area contributed by atoms with Crippen LogP contribution in [0.1, 0.15) is 273 Å². The highest BCUT2D eigenvalue weighted by atomic mass is 35.5. The zero-order chi connectivity index (χ0) is 104. The predicted octanol–water partition coefficient (Wildman–Crippen LogP) is 10.5. The number of fused-ring (bicyclic) bond motifs is 5. The topological polar surface area (TPSA) is 535 Å². The summed E-state index contributed by atoms with van der Waals surface area (Å²) in [6.07, 6.45) is 30.1. The molecule has 0 bridgehead atoms. The van der Waals surface area contributed by atoms with Crippen molar-refractivity contribution in [2.45, 2.75) is 346 Å². The third-order valence-electron chi connectivity index (χ3n) is 33.8. The van der Waals surface area contributed by atoms with Crippen molar-refractivity contribution in [1.82, 2.24) is 24.5 Å². The van der Waals surface area contributed by atoms with E-state index in [0.717, 1.165) is 203 Å². The lowest BCUT2D eigenvalue weighted by molar-refractivity contribution is -0.148. The van der Waals surface area contributed by atoms with Gasteiger partial charge in [-0.3, -0.25) is 43.6 Å². The minimum atomic E-state index is -1.39. The van der Waals surface area contributed by atoms with Gasteiger partial charge in [0.1, 0.15) is 33.5 Å². The van der Waals surface area contributed by atoms with Gasteiger partial charge in [-0.25, -0.2) is 13.2 Å². The van der Waals surface area contributed by atoms with E-state index in [4.69, 9.17) is 90.5 Å². The largest absolute Gasteiger partial charge is 0.480 e. The summed E-state index contributed by atoms with van der Waals surface area (Å²) in [4.78, 5) is 71.9. The molecule has 1 saturated carbocycles. The van der Waals surface area contributed by atoms with Gasteiger partial charge in [0, 0.05) is 43.3 Å². The van der Waals surface area contributed by atoms with Crippen molar-refractivity contribution in [3.05, 3.63) is 175 Å². The number of rotatable bonds is 40. The third kappa shape index (κ3) is 31.8. The fourth-order valence-electron chi connectivity index (χ4n) is 25.0. The Hall–Kier alpha value is -6.95. The Labute approximate surface area is 848 Å². The quantitative estimate of drug-likeness (QED) is 0.0128. The number of hydrogen-bond donors (Lipinski definition) is 20. The van der Waals surface area contributed by atoms with E-state index in [1.165, 1.54) is 45.5 Å². The van der Waals surface area contributed by atoms with Crippen molar-refractivity contribution in [2.75, 3.05) is 58.9 Å². The molecule has 8 unspecified atom stereocenters. The summed E-state index contributed by atoms with van der Waals surface area (Å²) in [5, 5.41) is 139. The van der Waals surface area contributed by atoms with Crippen molar-refractivity contribution in [3.8, 4) is 0 Å². The van der Waals surface area contributed by atoms with Crippen molar-refractivity contribution >= 4 is 77.0 Å². The Morgan fingerprint density at radius 1 is 0.301 bits per heavy atom. The molecule has 5 aliphatic carbocycles. The standard InChI is InChI=1S/C21H31BClFN2O4.C21H31BF2N2O4.2C21H33BN2O4.C20H31BN2O4/c23-17-13-16-14(12-18(17)24)4-3-5-19(16)26-10-6-15(7-11-26)21(25,20(27)28)8-1-2-9-22(29)30;23-17-12-14-4-3-5-19(16(14)13-18(17)24)26-10-6-15(7-11-26)21(25,20(27)28)8-1-2-9-22(29)30;23-21(20(25)26,12-3-4-13-22(27)28)18-7-9-19(10-8-18)24-14-11-16-5-1-2-6-17(16)15-24;23-21(20(25)26,11-3-4-12-22(27)28)18-9-13-24(14-10-18)19-8-7-16-5-1-2-6-17(16)15-19;22-20(19(24)25,9-3-4-10-21(26)27)17-7-11-23(12-8-17)18-13-15-5-1-2-6-16(15)14-18/h2*12-13,15,19,29-30H,1-11,25H2,(H,27,28);2*1-2,5-6,18-19,27-28H,3-4,7-15,23H2,(H,25,26);1-2,5-6,17-18,26-27H,3-4,7-14,22H2,(H,24,25). The molecule has 143 heavy (non-hydrogen) atoms. The van der Waals surface area contributed by atoms with Crippen molar-refractivity contribution in [2.24, 2.45) is 58.3 Å². The van der Waals surface area contributed by atoms with Gasteiger partial charge in [0.2, 0.25) is 0 Å². The lowest BCUT2D eigenvalue weighted by Crippen LogP contribution is -2.57. The maximum absolute atomic E-state index is 13.9. The second-order valence-corrected chi connectivity index (χ2v) is 43.2. The first-order chi connectivity index (χ1) is 68.1. The molecular formula is C104H159B5ClF3N10O20. The van der Waals surface area contributed by atoms with Gasteiger partial charge in [-0.05, 0) is 380 Å². The number of unbranched alkanes of at least 4 members (excludes halogenated alkanes) is 5. The summed E-state index contributed by atoms with van der Waals surface area (Å²) >= 11 is 6.04. The molecule has 788 valence electrons. The van der Waals surface area contributed by atoms with E-state index in [9.17, 15) is 62.7 Å². The Morgan fingerprint density at radius 2 is 0.587 bits per heavy atom. The number of carboxylic acids is 5. The highest BCUT2D eigenvalue weighted by Gasteiger charge is 2.51. The molecule has 0 spiro atoms. The zero-order valence-electron chi connectivity index (χ0n) is 83.5.